The maximum Gasteiger partial charge on any atom is 0.344 e. The van der Waals surface area contributed by atoms with Gasteiger partial charge in [-0.15, -0.1) is 0 Å². The molecule has 0 aliphatic carbocycles. The first kappa shape index (κ1) is 23.7. The fourth-order valence-electron chi connectivity index (χ4n) is 3.25. The van der Waals surface area contributed by atoms with Gasteiger partial charge >= 0.3 is 5.97 Å². The van der Waals surface area contributed by atoms with Crippen molar-refractivity contribution in [2.75, 3.05) is 31.6 Å². The van der Waals surface area contributed by atoms with Crippen LogP contribution >= 0.6 is 0 Å². The van der Waals surface area contributed by atoms with Gasteiger partial charge in [-0.3, -0.25) is 4.79 Å². The average Bonchev–Trinajstić information content (AvgIpc) is 3.08. The molecule has 1 saturated heterocycles. The van der Waals surface area contributed by atoms with Gasteiger partial charge in [0.1, 0.15) is 0 Å². The molecule has 32 heavy (non-hydrogen) atoms. The zero-order valence-corrected chi connectivity index (χ0v) is 18.3. The summed E-state index contributed by atoms with van der Waals surface area (Å²) in [4.78, 5) is 23.9. The molecule has 1 fully saturated rings. The summed E-state index contributed by atoms with van der Waals surface area (Å²) in [6.07, 6.45) is 3.65. The van der Waals surface area contributed by atoms with Crippen LogP contribution in [0.15, 0.2) is 53.4 Å². The van der Waals surface area contributed by atoms with Crippen LogP contribution in [0.25, 0.3) is 0 Å². The summed E-state index contributed by atoms with van der Waals surface area (Å²) in [5, 5.41) is 2.51. The number of halogens is 1. The van der Waals surface area contributed by atoms with E-state index in [4.69, 9.17) is 9.47 Å². The van der Waals surface area contributed by atoms with E-state index in [1.165, 1.54) is 40.7 Å². The Kier molecular flexibility index (Phi) is 8.18. The largest absolute Gasteiger partial charge is 0.479 e. The SMILES string of the molecule is O=C(COC(=O)COc1ccccc1F)Nc1cccc(S(=O)(=O)N2CCCCCC2)c1. The first-order valence-electron chi connectivity index (χ1n) is 10.3. The van der Waals surface area contributed by atoms with Crippen LogP contribution < -0.4 is 10.1 Å². The Balaban J connectivity index is 1.52. The summed E-state index contributed by atoms with van der Waals surface area (Å²) in [5.41, 5.74) is 0.268. The molecular weight excluding hydrogens is 439 g/mol. The van der Waals surface area contributed by atoms with E-state index in [1.807, 2.05) is 0 Å². The van der Waals surface area contributed by atoms with E-state index in [0.717, 1.165) is 25.7 Å². The first-order chi connectivity index (χ1) is 15.4. The van der Waals surface area contributed by atoms with Crippen LogP contribution in [0.2, 0.25) is 0 Å². The van der Waals surface area contributed by atoms with Gasteiger partial charge < -0.3 is 14.8 Å². The number of rotatable bonds is 8. The van der Waals surface area contributed by atoms with Crippen LogP contribution in [-0.2, 0) is 24.3 Å². The lowest BCUT2D eigenvalue weighted by molar-refractivity contribution is -0.149. The van der Waals surface area contributed by atoms with Gasteiger partial charge in [-0.05, 0) is 43.2 Å². The number of benzene rings is 2. The highest BCUT2D eigenvalue weighted by Crippen LogP contribution is 2.22. The number of sulfonamides is 1. The summed E-state index contributed by atoms with van der Waals surface area (Å²) in [5.74, 6) is -2.21. The van der Waals surface area contributed by atoms with E-state index in [0.29, 0.717) is 13.1 Å². The minimum atomic E-state index is -3.66. The fourth-order valence-corrected chi connectivity index (χ4v) is 4.81. The lowest BCUT2D eigenvalue weighted by atomic mass is 10.2. The second-order valence-corrected chi connectivity index (χ2v) is 9.21. The minimum Gasteiger partial charge on any atom is -0.479 e. The van der Waals surface area contributed by atoms with Gasteiger partial charge in [0.15, 0.2) is 24.8 Å². The quantitative estimate of drug-likeness (QED) is 0.603. The number of anilines is 1. The Morgan fingerprint density at radius 2 is 1.69 bits per heavy atom. The number of ether oxygens (including phenoxy) is 2. The molecule has 10 heteroatoms. The third-order valence-electron chi connectivity index (χ3n) is 4.87. The highest BCUT2D eigenvalue weighted by molar-refractivity contribution is 7.89. The molecular formula is C22H25FN2O6S. The number of carbonyl (C=O) groups is 2. The van der Waals surface area contributed by atoms with Gasteiger partial charge in [0, 0.05) is 18.8 Å². The van der Waals surface area contributed by atoms with Crippen LogP contribution in [-0.4, -0.2) is 50.9 Å². The molecule has 1 N–H and O–H groups in total. The molecule has 0 spiro atoms. The van der Waals surface area contributed by atoms with E-state index in [2.05, 4.69) is 5.32 Å². The predicted molar refractivity (Wildman–Crippen MR) is 115 cm³/mol. The molecule has 1 heterocycles. The normalized spacial score (nSPS) is 14.9. The Bertz CT molecular complexity index is 1050. The zero-order valence-electron chi connectivity index (χ0n) is 17.5. The van der Waals surface area contributed by atoms with Gasteiger partial charge in [-0.1, -0.05) is 31.0 Å². The zero-order chi connectivity index (χ0) is 23.0. The van der Waals surface area contributed by atoms with Crippen LogP contribution in [0.5, 0.6) is 5.75 Å². The van der Waals surface area contributed by atoms with Crippen molar-refractivity contribution in [1.29, 1.82) is 0 Å². The molecule has 0 aromatic heterocycles. The Hall–Kier alpha value is -2.98. The molecule has 0 radical (unpaired) electrons. The van der Waals surface area contributed by atoms with Gasteiger partial charge in [0.2, 0.25) is 10.0 Å². The lowest BCUT2D eigenvalue weighted by Gasteiger charge is -2.20. The molecule has 8 nitrogen and oxygen atoms in total. The molecule has 0 saturated carbocycles. The summed E-state index contributed by atoms with van der Waals surface area (Å²) < 4.78 is 50.6. The second kappa shape index (κ2) is 11.1. The summed E-state index contributed by atoms with van der Waals surface area (Å²) in [6.45, 7) is -0.200. The average molecular weight is 465 g/mol. The van der Waals surface area contributed by atoms with E-state index in [-0.39, 0.29) is 16.3 Å². The molecule has 0 unspecified atom stereocenters. The highest BCUT2D eigenvalue weighted by Gasteiger charge is 2.25. The molecule has 1 aliphatic heterocycles. The van der Waals surface area contributed by atoms with Crippen molar-refractivity contribution in [1.82, 2.24) is 4.31 Å². The first-order valence-corrected chi connectivity index (χ1v) is 11.7. The lowest BCUT2D eigenvalue weighted by Crippen LogP contribution is -2.32. The van der Waals surface area contributed by atoms with E-state index in [9.17, 15) is 22.4 Å². The van der Waals surface area contributed by atoms with Crippen molar-refractivity contribution >= 4 is 27.6 Å². The van der Waals surface area contributed by atoms with E-state index < -0.39 is 40.9 Å². The van der Waals surface area contributed by atoms with Gasteiger partial charge in [0.25, 0.3) is 5.91 Å². The fraction of sp³-hybridized carbons (Fsp3) is 0.364. The van der Waals surface area contributed by atoms with Gasteiger partial charge in [-0.25, -0.2) is 17.6 Å². The van der Waals surface area contributed by atoms with Gasteiger partial charge in [0.05, 0.1) is 4.90 Å². The molecule has 1 aliphatic rings. The monoisotopic (exact) mass is 464 g/mol. The topological polar surface area (TPSA) is 102 Å². The number of hydrogen-bond acceptors (Lipinski definition) is 6. The van der Waals surface area contributed by atoms with Crippen molar-refractivity contribution in [3.8, 4) is 5.75 Å². The number of amides is 1. The Labute approximate surface area is 186 Å². The predicted octanol–water partition coefficient (Wildman–Crippen LogP) is 2.95. The summed E-state index contributed by atoms with van der Waals surface area (Å²) in [6, 6.07) is 11.5. The van der Waals surface area contributed by atoms with Crippen molar-refractivity contribution in [2.45, 2.75) is 30.6 Å². The molecule has 2 aromatic rings. The third-order valence-corrected chi connectivity index (χ3v) is 6.76. The maximum atomic E-state index is 13.5. The highest BCUT2D eigenvalue weighted by atomic mass is 32.2. The van der Waals surface area contributed by atoms with Crippen molar-refractivity contribution in [2.24, 2.45) is 0 Å². The molecule has 172 valence electrons. The number of nitrogens with zero attached hydrogens (tertiary/aromatic N) is 1. The molecule has 2 aromatic carbocycles. The number of hydrogen-bond donors (Lipinski definition) is 1. The van der Waals surface area contributed by atoms with E-state index in [1.54, 1.807) is 12.1 Å². The Morgan fingerprint density at radius 1 is 0.969 bits per heavy atom. The second-order valence-electron chi connectivity index (χ2n) is 7.27. The number of esters is 1. The smallest absolute Gasteiger partial charge is 0.344 e. The van der Waals surface area contributed by atoms with E-state index >= 15 is 0 Å². The maximum absolute atomic E-state index is 13.5. The summed E-state index contributed by atoms with van der Waals surface area (Å²) >= 11 is 0. The standard InChI is InChI=1S/C22H25FN2O6S/c23-19-10-3-4-11-20(19)30-16-22(27)31-15-21(26)24-17-8-7-9-18(14-17)32(28,29)25-12-5-1-2-6-13-25/h3-4,7-11,14H,1-2,5-6,12-13,15-16H2,(H,24,26). The van der Waals surface area contributed by atoms with Gasteiger partial charge in [-0.2, -0.15) is 4.31 Å². The van der Waals surface area contributed by atoms with Crippen molar-refractivity contribution in [3.05, 3.63) is 54.3 Å². The van der Waals surface area contributed by atoms with Crippen molar-refractivity contribution in [3.63, 3.8) is 0 Å². The molecule has 3 rings (SSSR count). The van der Waals surface area contributed by atoms with Crippen LogP contribution in [0.4, 0.5) is 10.1 Å². The number of nitrogens with one attached hydrogen (secondary N) is 1. The van der Waals surface area contributed by atoms with Crippen molar-refractivity contribution < 1.29 is 31.9 Å². The Morgan fingerprint density at radius 3 is 2.41 bits per heavy atom. The third kappa shape index (κ3) is 6.51. The van der Waals surface area contributed by atoms with Crippen LogP contribution in [0, 0.1) is 5.82 Å². The molecule has 0 bridgehead atoms. The molecule has 1 amide bonds. The number of para-hydroxylation sites is 1. The minimum absolute atomic E-state index is 0.0903. The number of carbonyl (C=O) groups excluding carboxylic acids is 2. The summed E-state index contributed by atoms with van der Waals surface area (Å²) in [7, 11) is -3.66. The molecule has 0 atom stereocenters. The van der Waals surface area contributed by atoms with Crippen LogP contribution in [0.3, 0.4) is 0 Å². The van der Waals surface area contributed by atoms with Crippen LogP contribution in [0.1, 0.15) is 25.7 Å².